The number of nitrogens with two attached hydrogens (primary N) is 1. The average Bonchev–Trinajstić information content (AvgIpc) is 2.05. The van der Waals surface area contributed by atoms with E-state index < -0.39 is 6.04 Å². The molecule has 0 saturated carbocycles. The Morgan fingerprint density at radius 1 is 1.54 bits per heavy atom. The molecule has 0 rings (SSSR count). The van der Waals surface area contributed by atoms with Crippen molar-refractivity contribution in [3.05, 3.63) is 0 Å². The Morgan fingerprint density at radius 2 is 2.08 bits per heavy atom. The summed E-state index contributed by atoms with van der Waals surface area (Å²) in [5.41, 5.74) is 5.51. The van der Waals surface area contributed by atoms with Gasteiger partial charge in [0.1, 0.15) is 0 Å². The van der Waals surface area contributed by atoms with Crippen molar-refractivity contribution >= 4 is 5.91 Å². The van der Waals surface area contributed by atoms with Crippen LogP contribution in [0, 0.1) is 0 Å². The molecule has 0 spiro atoms. The maximum Gasteiger partial charge on any atom is 0.239 e. The number of hydrogen-bond donors (Lipinski definition) is 1. The lowest BCUT2D eigenvalue weighted by Gasteiger charge is -2.28. The highest BCUT2D eigenvalue weighted by Crippen LogP contribution is 2.01. The average molecular weight is 188 g/mol. The molecule has 1 amide bonds. The molecule has 0 aliphatic carbocycles. The van der Waals surface area contributed by atoms with Crippen molar-refractivity contribution in [2.24, 2.45) is 5.73 Å². The highest BCUT2D eigenvalue weighted by molar-refractivity contribution is 5.81. The maximum absolute atomic E-state index is 11.5. The molecular formula is C9H20N2O2. The second-order valence-electron chi connectivity index (χ2n) is 3.22. The van der Waals surface area contributed by atoms with E-state index in [9.17, 15) is 4.79 Å². The van der Waals surface area contributed by atoms with E-state index in [1.54, 1.807) is 18.9 Å². The summed E-state index contributed by atoms with van der Waals surface area (Å²) in [6.07, 6.45) is 0. The highest BCUT2D eigenvalue weighted by atomic mass is 16.5. The topological polar surface area (TPSA) is 55.6 Å². The molecule has 78 valence electrons. The molecule has 0 saturated heterocycles. The second-order valence-corrected chi connectivity index (χ2v) is 3.22. The molecule has 0 aromatic carbocycles. The summed E-state index contributed by atoms with van der Waals surface area (Å²) in [5, 5.41) is 0. The Balaban J connectivity index is 4.23. The fraction of sp³-hybridized carbons (Fsp3) is 0.889. The third-order valence-electron chi connectivity index (χ3n) is 1.95. The summed E-state index contributed by atoms with van der Waals surface area (Å²) < 4.78 is 4.98. The third kappa shape index (κ3) is 3.74. The van der Waals surface area contributed by atoms with Gasteiger partial charge in [-0.15, -0.1) is 0 Å². The van der Waals surface area contributed by atoms with E-state index in [-0.39, 0.29) is 11.9 Å². The molecule has 4 heteroatoms. The van der Waals surface area contributed by atoms with Crippen molar-refractivity contribution in [3.63, 3.8) is 0 Å². The SMILES string of the molecule is CCN(C(=O)[C@H](C)N)C(C)COC. The van der Waals surface area contributed by atoms with Gasteiger partial charge in [-0.25, -0.2) is 0 Å². The number of nitrogens with zero attached hydrogens (tertiary/aromatic N) is 1. The predicted octanol–water partition coefficient (Wildman–Crippen LogP) is 0.217. The number of carbonyl (C=O) groups excluding carboxylic acids is 1. The summed E-state index contributed by atoms with van der Waals surface area (Å²) in [6, 6.07) is -0.340. The fourth-order valence-electron chi connectivity index (χ4n) is 1.28. The molecule has 1 unspecified atom stereocenters. The molecule has 4 nitrogen and oxygen atoms in total. The summed E-state index contributed by atoms with van der Waals surface area (Å²) in [4.78, 5) is 13.3. The molecule has 0 aliphatic heterocycles. The van der Waals surface area contributed by atoms with Crippen LogP contribution in [-0.4, -0.2) is 43.2 Å². The lowest BCUT2D eigenvalue weighted by Crippen LogP contribution is -2.47. The van der Waals surface area contributed by atoms with Crippen LogP contribution < -0.4 is 5.73 Å². The van der Waals surface area contributed by atoms with Gasteiger partial charge in [0, 0.05) is 13.7 Å². The quantitative estimate of drug-likeness (QED) is 0.671. The lowest BCUT2D eigenvalue weighted by molar-refractivity contribution is -0.135. The lowest BCUT2D eigenvalue weighted by atomic mass is 10.2. The maximum atomic E-state index is 11.5. The molecule has 0 fully saturated rings. The molecule has 0 aromatic heterocycles. The fourth-order valence-corrected chi connectivity index (χ4v) is 1.28. The minimum atomic E-state index is -0.431. The van der Waals surface area contributed by atoms with Crippen LogP contribution in [0.15, 0.2) is 0 Å². The van der Waals surface area contributed by atoms with E-state index in [2.05, 4.69) is 0 Å². The standard InChI is InChI=1S/C9H20N2O2/c1-5-11(7(2)6-13-4)9(12)8(3)10/h7-8H,5-6,10H2,1-4H3/t7?,8-/m0/s1. The molecule has 2 atom stereocenters. The first-order chi connectivity index (χ1) is 6.04. The predicted molar refractivity (Wildman–Crippen MR) is 52.4 cm³/mol. The summed E-state index contributed by atoms with van der Waals surface area (Å²) in [5.74, 6) is -0.0212. The zero-order chi connectivity index (χ0) is 10.4. The molecule has 0 radical (unpaired) electrons. The van der Waals surface area contributed by atoms with Gasteiger partial charge in [-0.1, -0.05) is 0 Å². The van der Waals surface area contributed by atoms with Crippen LogP contribution >= 0.6 is 0 Å². The van der Waals surface area contributed by atoms with E-state index in [0.717, 1.165) is 0 Å². The van der Waals surface area contributed by atoms with Crippen molar-refractivity contribution in [2.75, 3.05) is 20.3 Å². The van der Waals surface area contributed by atoms with Crippen LogP contribution in [-0.2, 0) is 9.53 Å². The molecular weight excluding hydrogens is 168 g/mol. The Bertz CT molecular complexity index is 160. The number of carbonyl (C=O) groups is 1. The van der Waals surface area contributed by atoms with Gasteiger partial charge < -0.3 is 15.4 Å². The number of hydrogen-bond acceptors (Lipinski definition) is 3. The van der Waals surface area contributed by atoms with E-state index in [0.29, 0.717) is 13.2 Å². The Kier molecular flexibility index (Phi) is 5.66. The molecule has 2 N–H and O–H groups in total. The zero-order valence-electron chi connectivity index (χ0n) is 8.91. The number of rotatable bonds is 5. The van der Waals surface area contributed by atoms with E-state index >= 15 is 0 Å². The van der Waals surface area contributed by atoms with Gasteiger partial charge in [-0.05, 0) is 20.8 Å². The number of ether oxygens (including phenoxy) is 1. The van der Waals surface area contributed by atoms with E-state index in [1.165, 1.54) is 0 Å². The Morgan fingerprint density at radius 3 is 2.38 bits per heavy atom. The monoisotopic (exact) mass is 188 g/mol. The van der Waals surface area contributed by atoms with Gasteiger partial charge >= 0.3 is 0 Å². The minimum Gasteiger partial charge on any atom is -0.383 e. The molecule has 0 heterocycles. The Labute approximate surface area is 80.0 Å². The van der Waals surface area contributed by atoms with Crippen molar-refractivity contribution in [1.82, 2.24) is 4.90 Å². The molecule has 0 aromatic rings. The van der Waals surface area contributed by atoms with Crippen molar-refractivity contribution in [1.29, 1.82) is 0 Å². The van der Waals surface area contributed by atoms with Crippen molar-refractivity contribution < 1.29 is 9.53 Å². The third-order valence-corrected chi connectivity index (χ3v) is 1.95. The number of methoxy groups -OCH3 is 1. The van der Waals surface area contributed by atoms with E-state index in [4.69, 9.17) is 10.5 Å². The first kappa shape index (κ1) is 12.4. The van der Waals surface area contributed by atoms with Crippen LogP contribution in [0.1, 0.15) is 20.8 Å². The van der Waals surface area contributed by atoms with Crippen LogP contribution in [0.3, 0.4) is 0 Å². The van der Waals surface area contributed by atoms with Crippen LogP contribution in [0.5, 0.6) is 0 Å². The molecule has 13 heavy (non-hydrogen) atoms. The van der Waals surface area contributed by atoms with Gasteiger partial charge in [0.15, 0.2) is 0 Å². The van der Waals surface area contributed by atoms with Crippen LogP contribution in [0.2, 0.25) is 0 Å². The van der Waals surface area contributed by atoms with Gasteiger partial charge in [0.25, 0.3) is 0 Å². The summed E-state index contributed by atoms with van der Waals surface area (Å²) in [6.45, 7) is 6.81. The van der Waals surface area contributed by atoms with Gasteiger partial charge in [0.2, 0.25) is 5.91 Å². The minimum absolute atomic E-state index is 0.0212. The molecule has 0 aliphatic rings. The largest absolute Gasteiger partial charge is 0.383 e. The number of likely N-dealkylation sites (N-methyl/N-ethyl adjacent to an activating group) is 1. The van der Waals surface area contributed by atoms with Crippen molar-refractivity contribution in [3.8, 4) is 0 Å². The molecule has 0 bridgehead atoms. The van der Waals surface area contributed by atoms with E-state index in [1.807, 2.05) is 13.8 Å². The van der Waals surface area contributed by atoms with Gasteiger partial charge in [-0.3, -0.25) is 4.79 Å². The highest BCUT2D eigenvalue weighted by Gasteiger charge is 2.20. The van der Waals surface area contributed by atoms with Gasteiger partial charge in [0.05, 0.1) is 18.7 Å². The first-order valence-corrected chi connectivity index (χ1v) is 4.59. The smallest absolute Gasteiger partial charge is 0.239 e. The summed E-state index contributed by atoms with van der Waals surface area (Å²) >= 11 is 0. The van der Waals surface area contributed by atoms with Gasteiger partial charge in [-0.2, -0.15) is 0 Å². The van der Waals surface area contributed by atoms with Crippen molar-refractivity contribution in [2.45, 2.75) is 32.9 Å². The summed E-state index contributed by atoms with van der Waals surface area (Å²) in [7, 11) is 1.63. The normalized spacial score (nSPS) is 15.2. The second kappa shape index (κ2) is 5.94. The zero-order valence-corrected chi connectivity index (χ0v) is 8.91. The van der Waals surface area contributed by atoms with Crippen LogP contribution in [0.4, 0.5) is 0 Å². The van der Waals surface area contributed by atoms with Crippen LogP contribution in [0.25, 0.3) is 0 Å². The number of amides is 1. The first-order valence-electron chi connectivity index (χ1n) is 4.59. The Hall–Kier alpha value is -0.610.